The third kappa shape index (κ3) is 6.74. The summed E-state index contributed by atoms with van der Waals surface area (Å²) in [6.45, 7) is 3.28. The first kappa shape index (κ1) is 25.2. The molecule has 32 heavy (non-hydrogen) atoms. The third-order valence-electron chi connectivity index (χ3n) is 4.81. The highest BCUT2D eigenvalue weighted by molar-refractivity contribution is 7.89. The minimum absolute atomic E-state index is 0.0713. The van der Waals surface area contributed by atoms with Gasteiger partial charge in [0, 0.05) is 12.2 Å². The van der Waals surface area contributed by atoms with Gasteiger partial charge >= 0.3 is 5.97 Å². The van der Waals surface area contributed by atoms with Gasteiger partial charge in [-0.25, -0.2) is 27.8 Å². The van der Waals surface area contributed by atoms with Crippen molar-refractivity contribution < 1.29 is 32.7 Å². The first-order chi connectivity index (χ1) is 15.0. The molecule has 0 radical (unpaired) electrons. The third-order valence-corrected chi connectivity index (χ3v) is 6.27. The van der Waals surface area contributed by atoms with Crippen LogP contribution in [-0.4, -0.2) is 43.2 Å². The Bertz CT molecular complexity index is 1070. The first-order valence-corrected chi connectivity index (χ1v) is 11.3. The number of hydrogen-bond donors (Lipinski definition) is 5. The fourth-order valence-electron chi connectivity index (χ4n) is 3.14. The summed E-state index contributed by atoms with van der Waals surface area (Å²) in [6, 6.07) is 7.31. The molecule has 11 heteroatoms. The molecule has 1 amide bonds. The maximum Gasteiger partial charge on any atom is 0.335 e. The summed E-state index contributed by atoms with van der Waals surface area (Å²) in [5.41, 5.74) is 2.81. The van der Waals surface area contributed by atoms with Gasteiger partial charge in [0.2, 0.25) is 10.0 Å². The summed E-state index contributed by atoms with van der Waals surface area (Å²) < 4.78 is 40.9. The number of carboxylic acids is 1. The van der Waals surface area contributed by atoms with E-state index in [4.69, 9.17) is 10.3 Å². The summed E-state index contributed by atoms with van der Waals surface area (Å²) in [4.78, 5) is 22.9. The number of aryl methyl sites for hydroxylation is 2. The molecule has 1 atom stereocenters. The van der Waals surface area contributed by atoms with E-state index in [0.717, 1.165) is 6.07 Å². The highest BCUT2D eigenvalue weighted by Gasteiger charge is 2.19. The van der Waals surface area contributed by atoms with Crippen LogP contribution < -0.4 is 15.5 Å². The number of anilines is 1. The van der Waals surface area contributed by atoms with E-state index in [0.29, 0.717) is 29.7 Å². The van der Waals surface area contributed by atoms with E-state index in [2.05, 4.69) is 10.0 Å². The van der Waals surface area contributed by atoms with E-state index >= 15 is 0 Å². The Hall–Kier alpha value is -3.02. The summed E-state index contributed by atoms with van der Waals surface area (Å²) >= 11 is 0. The number of rotatable bonds is 11. The molecule has 0 aliphatic heterocycles. The van der Waals surface area contributed by atoms with E-state index in [1.165, 1.54) is 18.2 Å². The Kier molecular flexibility index (Phi) is 8.70. The molecule has 5 N–H and O–H groups in total. The number of hydrogen-bond acceptors (Lipinski definition) is 6. The molecule has 0 spiro atoms. The van der Waals surface area contributed by atoms with Crippen molar-refractivity contribution in [2.45, 2.75) is 44.0 Å². The van der Waals surface area contributed by atoms with Crippen LogP contribution in [0.25, 0.3) is 0 Å². The van der Waals surface area contributed by atoms with Crippen molar-refractivity contribution in [2.24, 2.45) is 0 Å². The highest BCUT2D eigenvalue weighted by atomic mass is 32.2. The van der Waals surface area contributed by atoms with Gasteiger partial charge in [-0.15, -0.1) is 0 Å². The van der Waals surface area contributed by atoms with Gasteiger partial charge < -0.3 is 10.4 Å². The monoisotopic (exact) mass is 467 g/mol. The van der Waals surface area contributed by atoms with Gasteiger partial charge in [-0.05, 0) is 74.6 Å². The molecular formula is C21H26FN3O6S. The van der Waals surface area contributed by atoms with Gasteiger partial charge in [-0.1, -0.05) is 6.07 Å². The van der Waals surface area contributed by atoms with Gasteiger partial charge in [0.15, 0.2) is 0 Å². The zero-order valence-electron chi connectivity index (χ0n) is 17.7. The molecule has 0 saturated carbocycles. The standard InChI is InChI=1S/C21H26FN3O6S/c1-13-10-16(11-14(2)19(13)22)24-18(20(26)25-29)8-3-4-9-23-32(30,31)17-7-5-6-15(12-17)21(27)28/h5-7,10-12,18,23-24,29H,3-4,8-9H2,1-2H3,(H,25,26)(H,27,28)/t18-/m1/s1. The predicted octanol–water partition coefficient (Wildman–Crippen LogP) is 2.58. The van der Waals surface area contributed by atoms with Crippen LogP contribution in [0.5, 0.6) is 0 Å². The maximum atomic E-state index is 13.8. The van der Waals surface area contributed by atoms with Gasteiger partial charge in [0.05, 0.1) is 10.5 Å². The van der Waals surface area contributed by atoms with Crippen LogP contribution in [0.1, 0.15) is 40.7 Å². The molecule has 0 aliphatic carbocycles. The largest absolute Gasteiger partial charge is 0.478 e. The predicted molar refractivity (Wildman–Crippen MR) is 116 cm³/mol. The van der Waals surface area contributed by atoms with E-state index in [-0.39, 0.29) is 29.2 Å². The van der Waals surface area contributed by atoms with Crippen LogP contribution in [0.4, 0.5) is 10.1 Å². The van der Waals surface area contributed by atoms with Crippen molar-refractivity contribution in [3.8, 4) is 0 Å². The number of hydroxylamine groups is 1. The summed E-state index contributed by atoms with van der Waals surface area (Å²) in [6.07, 6.45) is 1.09. The number of amides is 1. The second-order valence-corrected chi connectivity index (χ2v) is 9.09. The lowest BCUT2D eigenvalue weighted by atomic mass is 10.1. The topological polar surface area (TPSA) is 145 Å². The molecular weight excluding hydrogens is 441 g/mol. The Morgan fingerprint density at radius 3 is 2.34 bits per heavy atom. The van der Waals surface area contributed by atoms with Crippen LogP contribution in [0.3, 0.4) is 0 Å². The van der Waals surface area contributed by atoms with Crippen LogP contribution in [0.15, 0.2) is 41.3 Å². The van der Waals surface area contributed by atoms with Crippen molar-refractivity contribution in [3.63, 3.8) is 0 Å². The van der Waals surface area contributed by atoms with Crippen LogP contribution >= 0.6 is 0 Å². The summed E-state index contributed by atoms with van der Waals surface area (Å²) in [7, 11) is -3.88. The fourth-order valence-corrected chi connectivity index (χ4v) is 4.26. The minimum atomic E-state index is -3.88. The molecule has 0 saturated heterocycles. The molecule has 0 bridgehead atoms. The quantitative estimate of drug-likeness (QED) is 0.194. The molecule has 0 aliphatic rings. The fraction of sp³-hybridized carbons (Fsp3) is 0.333. The van der Waals surface area contributed by atoms with E-state index in [9.17, 15) is 22.4 Å². The van der Waals surface area contributed by atoms with E-state index in [1.54, 1.807) is 31.5 Å². The molecule has 9 nitrogen and oxygen atoms in total. The lowest BCUT2D eigenvalue weighted by molar-refractivity contribution is -0.130. The van der Waals surface area contributed by atoms with Crippen molar-refractivity contribution in [1.29, 1.82) is 0 Å². The molecule has 2 aromatic carbocycles. The highest BCUT2D eigenvalue weighted by Crippen LogP contribution is 2.20. The average Bonchev–Trinajstić information content (AvgIpc) is 2.75. The molecule has 174 valence electrons. The number of unbranched alkanes of at least 4 members (excludes halogenated alkanes) is 1. The smallest absolute Gasteiger partial charge is 0.335 e. The Morgan fingerprint density at radius 2 is 1.75 bits per heavy atom. The van der Waals surface area contributed by atoms with Gasteiger partial charge in [-0.3, -0.25) is 10.0 Å². The van der Waals surface area contributed by atoms with Crippen molar-refractivity contribution >= 4 is 27.6 Å². The lowest BCUT2D eigenvalue weighted by Gasteiger charge is -2.19. The molecule has 2 aromatic rings. The van der Waals surface area contributed by atoms with Gasteiger partial charge in [-0.2, -0.15) is 0 Å². The van der Waals surface area contributed by atoms with E-state index in [1.807, 2.05) is 0 Å². The second kappa shape index (κ2) is 11.0. The first-order valence-electron chi connectivity index (χ1n) is 9.85. The van der Waals surface area contributed by atoms with Crippen molar-refractivity contribution in [3.05, 3.63) is 58.9 Å². The minimum Gasteiger partial charge on any atom is -0.478 e. The Balaban J connectivity index is 1.92. The SMILES string of the molecule is Cc1cc(N[C@H](CCCCNS(=O)(=O)c2cccc(C(=O)O)c2)C(=O)NO)cc(C)c1F. The number of sulfonamides is 1. The number of benzene rings is 2. The van der Waals surface area contributed by atoms with Crippen molar-refractivity contribution in [2.75, 3.05) is 11.9 Å². The maximum absolute atomic E-state index is 13.8. The number of aromatic carboxylic acids is 1. The van der Waals surface area contributed by atoms with Crippen molar-refractivity contribution in [1.82, 2.24) is 10.2 Å². The van der Waals surface area contributed by atoms with Crippen LogP contribution in [0, 0.1) is 19.7 Å². The number of carbonyl (C=O) groups excluding carboxylic acids is 1. The molecule has 2 rings (SSSR count). The normalized spacial score (nSPS) is 12.2. The second-order valence-electron chi connectivity index (χ2n) is 7.32. The lowest BCUT2D eigenvalue weighted by Crippen LogP contribution is -2.38. The molecule has 0 unspecified atom stereocenters. The Labute approximate surface area is 185 Å². The molecule has 0 heterocycles. The van der Waals surface area contributed by atoms with Crippen LogP contribution in [-0.2, 0) is 14.8 Å². The number of carboxylic acid groups (broad SMARTS) is 1. The number of nitrogens with one attached hydrogen (secondary N) is 3. The van der Waals surface area contributed by atoms with Crippen LogP contribution in [0.2, 0.25) is 0 Å². The summed E-state index contributed by atoms with van der Waals surface area (Å²) in [5.74, 6) is -2.23. The zero-order chi connectivity index (χ0) is 23.9. The summed E-state index contributed by atoms with van der Waals surface area (Å²) in [5, 5.41) is 21.0. The number of halogens is 1. The Morgan fingerprint density at radius 1 is 1.09 bits per heavy atom. The molecule has 0 fully saturated rings. The molecule has 0 aromatic heterocycles. The number of carbonyl (C=O) groups is 2. The van der Waals surface area contributed by atoms with E-state index < -0.39 is 27.9 Å². The zero-order valence-corrected chi connectivity index (χ0v) is 18.5. The average molecular weight is 468 g/mol. The van der Waals surface area contributed by atoms with Gasteiger partial charge in [0.25, 0.3) is 5.91 Å². The van der Waals surface area contributed by atoms with Gasteiger partial charge in [0.1, 0.15) is 11.9 Å².